The van der Waals surface area contributed by atoms with Gasteiger partial charge in [-0.2, -0.15) is 0 Å². The van der Waals surface area contributed by atoms with Crippen LogP contribution < -0.4 is 15.8 Å². The molecule has 0 atom stereocenters. The Kier molecular flexibility index (Phi) is 5.92. The van der Waals surface area contributed by atoms with Crippen molar-refractivity contribution >= 4 is 39.2 Å². The van der Waals surface area contributed by atoms with Crippen molar-refractivity contribution in [2.75, 3.05) is 31.2 Å². The van der Waals surface area contributed by atoms with Gasteiger partial charge in [0.25, 0.3) is 11.8 Å². The number of fused-ring (bicyclic) bond motifs is 1. The summed E-state index contributed by atoms with van der Waals surface area (Å²) in [5, 5.41) is 3.12. The molecule has 0 aliphatic carbocycles. The van der Waals surface area contributed by atoms with Gasteiger partial charge in [0.2, 0.25) is 0 Å². The van der Waals surface area contributed by atoms with Gasteiger partial charge in [0.15, 0.2) is 5.13 Å². The summed E-state index contributed by atoms with van der Waals surface area (Å²) in [6.45, 7) is 2.75. The van der Waals surface area contributed by atoms with E-state index in [1.807, 2.05) is 36.4 Å². The Labute approximate surface area is 193 Å². The van der Waals surface area contributed by atoms with Crippen LogP contribution in [0.2, 0.25) is 0 Å². The highest BCUT2D eigenvalue weighted by atomic mass is 32.1. The Morgan fingerprint density at radius 2 is 1.73 bits per heavy atom. The Hall–Kier alpha value is -3.89. The van der Waals surface area contributed by atoms with E-state index in [0.717, 1.165) is 23.8 Å². The molecule has 0 bridgehead atoms. The number of morpholine rings is 1. The predicted molar refractivity (Wildman–Crippen MR) is 125 cm³/mol. The monoisotopic (exact) mass is 460 g/mol. The van der Waals surface area contributed by atoms with Gasteiger partial charge < -0.3 is 9.64 Å². The van der Waals surface area contributed by atoms with E-state index in [4.69, 9.17) is 4.74 Å². The second kappa shape index (κ2) is 9.31. The standard InChI is InChI=1S/C23H20N6O3S/c30-21(27-28-22(31)20-14-33-23(26-20)29-9-11-32-12-10-29)17-13-19(15-5-7-24-8-6-15)25-18-4-2-1-3-16(17)18/h1-8,13-14H,9-12H2,(H,27,30)(H,28,31). The zero-order valence-corrected chi connectivity index (χ0v) is 18.3. The van der Waals surface area contributed by atoms with E-state index in [0.29, 0.717) is 35.4 Å². The molecule has 0 radical (unpaired) electrons. The zero-order valence-electron chi connectivity index (χ0n) is 17.5. The van der Waals surface area contributed by atoms with Crippen LogP contribution in [0.3, 0.4) is 0 Å². The number of aromatic nitrogens is 3. The third-order valence-electron chi connectivity index (χ3n) is 5.23. The van der Waals surface area contributed by atoms with Crippen LogP contribution in [0.5, 0.6) is 0 Å². The number of amides is 2. The van der Waals surface area contributed by atoms with E-state index >= 15 is 0 Å². The second-order valence-electron chi connectivity index (χ2n) is 7.33. The summed E-state index contributed by atoms with van der Waals surface area (Å²) in [4.78, 5) is 40.8. The number of nitrogens with zero attached hydrogens (tertiary/aromatic N) is 4. The largest absolute Gasteiger partial charge is 0.378 e. The topological polar surface area (TPSA) is 109 Å². The fourth-order valence-corrected chi connectivity index (χ4v) is 4.41. The fourth-order valence-electron chi connectivity index (χ4n) is 3.55. The Bertz CT molecular complexity index is 1300. The SMILES string of the molecule is O=C(NNC(=O)c1cc(-c2ccncc2)nc2ccccc12)c1csc(N2CCOCC2)n1. The maximum atomic E-state index is 13.0. The van der Waals surface area contributed by atoms with Gasteiger partial charge in [-0.25, -0.2) is 9.97 Å². The minimum atomic E-state index is -0.480. The van der Waals surface area contributed by atoms with Gasteiger partial charge >= 0.3 is 0 Å². The van der Waals surface area contributed by atoms with Crippen LogP contribution in [0.15, 0.2) is 60.2 Å². The summed E-state index contributed by atoms with van der Waals surface area (Å²) in [5.74, 6) is -0.923. The smallest absolute Gasteiger partial charge is 0.289 e. The lowest BCUT2D eigenvalue weighted by Gasteiger charge is -2.25. The molecule has 1 aliphatic rings. The van der Waals surface area contributed by atoms with Crippen LogP contribution in [0.1, 0.15) is 20.8 Å². The molecule has 0 spiro atoms. The lowest BCUT2D eigenvalue weighted by atomic mass is 10.0. The molecule has 10 heteroatoms. The van der Waals surface area contributed by atoms with Crippen LogP contribution >= 0.6 is 11.3 Å². The minimum Gasteiger partial charge on any atom is -0.378 e. The number of pyridine rings is 2. The molecule has 166 valence electrons. The Morgan fingerprint density at radius 1 is 0.970 bits per heavy atom. The van der Waals surface area contributed by atoms with Crippen LogP contribution in [-0.2, 0) is 4.74 Å². The normalized spacial score (nSPS) is 13.6. The van der Waals surface area contributed by atoms with E-state index < -0.39 is 11.8 Å². The molecule has 4 heterocycles. The number of nitrogens with one attached hydrogen (secondary N) is 2. The number of ether oxygens (including phenoxy) is 1. The number of thiazole rings is 1. The van der Waals surface area contributed by atoms with E-state index in [-0.39, 0.29) is 5.69 Å². The number of hydrogen-bond acceptors (Lipinski definition) is 8. The van der Waals surface area contributed by atoms with Crippen molar-refractivity contribution in [3.8, 4) is 11.3 Å². The van der Waals surface area contributed by atoms with E-state index in [1.165, 1.54) is 11.3 Å². The van der Waals surface area contributed by atoms with E-state index in [1.54, 1.807) is 23.8 Å². The maximum Gasteiger partial charge on any atom is 0.289 e. The molecular weight excluding hydrogens is 440 g/mol. The second-order valence-corrected chi connectivity index (χ2v) is 8.17. The number of para-hydroxylation sites is 1. The first kappa shape index (κ1) is 21.0. The first-order chi connectivity index (χ1) is 16.2. The summed E-state index contributed by atoms with van der Waals surface area (Å²) in [5.41, 5.74) is 7.79. The van der Waals surface area contributed by atoms with Gasteiger partial charge in [0.05, 0.1) is 30.0 Å². The van der Waals surface area contributed by atoms with Crippen molar-refractivity contribution in [3.63, 3.8) is 0 Å². The van der Waals surface area contributed by atoms with Crippen molar-refractivity contribution in [1.82, 2.24) is 25.8 Å². The highest BCUT2D eigenvalue weighted by Crippen LogP contribution is 2.25. The van der Waals surface area contributed by atoms with Crippen molar-refractivity contribution < 1.29 is 14.3 Å². The first-order valence-electron chi connectivity index (χ1n) is 10.4. The number of hydrazine groups is 1. The molecule has 3 aromatic heterocycles. The number of benzene rings is 1. The van der Waals surface area contributed by atoms with Crippen molar-refractivity contribution in [3.05, 3.63) is 71.5 Å². The summed E-state index contributed by atoms with van der Waals surface area (Å²) in [6.07, 6.45) is 3.34. The van der Waals surface area contributed by atoms with Gasteiger partial charge in [-0.05, 0) is 24.3 Å². The number of carbonyl (C=O) groups is 2. The lowest BCUT2D eigenvalue weighted by Crippen LogP contribution is -2.42. The quantitative estimate of drug-likeness (QED) is 0.451. The van der Waals surface area contributed by atoms with Gasteiger partial charge in [-0.1, -0.05) is 18.2 Å². The third kappa shape index (κ3) is 4.52. The van der Waals surface area contributed by atoms with Crippen LogP contribution in [-0.4, -0.2) is 53.1 Å². The van der Waals surface area contributed by atoms with Crippen molar-refractivity contribution in [2.45, 2.75) is 0 Å². The minimum absolute atomic E-state index is 0.249. The molecule has 5 rings (SSSR count). The van der Waals surface area contributed by atoms with E-state index in [2.05, 4.69) is 30.7 Å². The third-order valence-corrected chi connectivity index (χ3v) is 6.13. The highest BCUT2D eigenvalue weighted by Gasteiger charge is 2.19. The van der Waals surface area contributed by atoms with Crippen LogP contribution in [0, 0.1) is 0 Å². The van der Waals surface area contributed by atoms with Crippen LogP contribution in [0.25, 0.3) is 22.2 Å². The number of rotatable bonds is 4. The molecule has 33 heavy (non-hydrogen) atoms. The summed E-state index contributed by atoms with van der Waals surface area (Å²) in [7, 11) is 0. The van der Waals surface area contributed by atoms with Crippen molar-refractivity contribution in [2.24, 2.45) is 0 Å². The lowest BCUT2D eigenvalue weighted by molar-refractivity contribution is 0.0845. The Balaban J connectivity index is 1.34. The molecule has 1 aromatic carbocycles. The summed E-state index contributed by atoms with van der Waals surface area (Å²) < 4.78 is 5.35. The number of anilines is 1. The molecule has 2 N–H and O–H groups in total. The zero-order chi connectivity index (χ0) is 22.6. The molecular formula is C23H20N6O3S. The molecule has 0 unspecified atom stereocenters. The van der Waals surface area contributed by atoms with Gasteiger partial charge in [0, 0.05) is 41.8 Å². The van der Waals surface area contributed by atoms with Gasteiger partial charge in [-0.3, -0.25) is 25.4 Å². The molecule has 9 nitrogen and oxygen atoms in total. The van der Waals surface area contributed by atoms with Crippen LogP contribution in [0.4, 0.5) is 5.13 Å². The van der Waals surface area contributed by atoms with Crippen molar-refractivity contribution in [1.29, 1.82) is 0 Å². The summed E-state index contributed by atoms with van der Waals surface area (Å²) in [6, 6.07) is 12.7. The molecule has 1 aliphatic heterocycles. The first-order valence-corrected chi connectivity index (χ1v) is 11.3. The Morgan fingerprint density at radius 3 is 2.55 bits per heavy atom. The number of hydrogen-bond donors (Lipinski definition) is 2. The molecule has 0 saturated carbocycles. The molecule has 1 fully saturated rings. The average Bonchev–Trinajstić information content (AvgIpc) is 3.38. The van der Waals surface area contributed by atoms with E-state index in [9.17, 15) is 9.59 Å². The predicted octanol–water partition coefficient (Wildman–Crippen LogP) is 2.66. The fraction of sp³-hybridized carbons (Fsp3) is 0.174. The van der Waals surface area contributed by atoms with Gasteiger partial charge in [0.1, 0.15) is 5.69 Å². The number of carbonyl (C=O) groups excluding carboxylic acids is 2. The van der Waals surface area contributed by atoms with Gasteiger partial charge in [-0.15, -0.1) is 11.3 Å². The molecule has 4 aromatic rings. The molecule has 2 amide bonds. The highest BCUT2D eigenvalue weighted by molar-refractivity contribution is 7.13. The molecule has 1 saturated heterocycles. The maximum absolute atomic E-state index is 13.0. The summed E-state index contributed by atoms with van der Waals surface area (Å²) >= 11 is 1.39. The average molecular weight is 461 g/mol.